The highest BCUT2D eigenvalue weighted by Crippen LogP contribution is 2.27. The lowest BCUT2D eigenvalue weighted by molar-refractivity contribution is -0.138. The fourth-order valence-corrected chi connectivity index (χ4v) is 2.19. The Labute approximate surface area is 99.9 Å². The quantitative estimate of drug-likeness (QED) is 0.883. The molecule has 1 aromatic heterocycles. The number of carboxylic acids is 1. The maximum Gasteiger partial charge on any atom is 0.310 e. The van der Waals surface area contributed by atoms with Crippen molar-refractivity contribution in [3.05, 3.63) is 29.5 Å². The predicted octanol–water partition coefficient (Wildman–Crippen LogP) is 2.32. The molecule has 0 bridgehead atoms. The Morgan fingerprint density at radius 3 is 2.82 bits per heavy atom. The van der Waals surface area contributed by atoms with Gasteiger partial charge in [0.25, 0.3) is 0 Å². The smallest absolute Gasteiger partial charge is 0.310 e. The van der Waals surface area contributed by atoms with Gasteiger partial charge < -0.3 is 5.11 Å². The van der Waals surface area contributed by atoms with E-state index < -0.39 is 11.9 Å². The molecule has 2 rings (SSSR count). The summed E-state index contributed by atoms with van der Waals surface area (Å²) in [5, 5.41) is 14.6. The molecule has 1 unspecified atom stereocenters. The number of carbonyl (C=O) groups is 1. The molecule has 1 N–H and O–H groups in total. The summed E-state index contributed by atoms with van der Waals surface area (Å²) >= 11 is 0. The van der Waals surface area contributed by atoms with Gasteiger partial charge in [0.15, 0.2) is 0 Å². The van der Waals surface area contributed by atoms with Crippen LogP contribution in [0.5, 0.6) is 0 Å². The normalized spacial score (nSPS) is 12.9. The zero-order valence-corrected chi connectivity index (χ0v) is 10.3. The molecule has 0 saturated heterocycles. The molecule has 0 amide bonds. The lowest BCUT2D eigenvalue weighted by Crippen LogP contribution is -2.07. The van der Waals surface area contributed by atoms with Crippen molar-refractivity contribution in [2.45, 2.75) is 26.2 Å². The third kappa shape index (κ3) is 1.79. The van der Waals surface area contributed by atoms with E-state index in [9.17, 15) is 4.79 Å². The summed E-state index contributed by atoms with van der Waals surface area (Å²) < 4.78 is 1.84. The van der Waals surface area contributed by atoms with Crippen LogP contribution in [-0.4, -0.2) is 20.9 Å². The van der Waals surface area contributed by atoms with Crippen LogP contribution in [0.1, 0.15) is 31.0 Å². The predicted molar refractivity (Wildman–Crippen MR) is 66.1 cm³/mol. The van der Waals surface area contributed by atoms with Gasteiger partial charge in [-0.05, 0) is 18.9 Å². The third-order valence-corrected chi connectivity index (χ3v) is 3.19. The van der Waals surface area contributed by atoms with E-state index in [4.69, 9.17) is 5.11 Å². The number of fused-ring (bicyclic) bond motifs is 1. The van der Waals surface area contributed by atoms with Gasteiger partial charge in [-0.3, -0.25) is 9.48 Å². The number of benzene rings is 1. The summed E-state index contributed by atoms with van der Waals surface area (Å²) in [5.74, 6) is -1.35. The van der Waals surface area contributed by atoms with Crippen molar-refractivity contribution in [1.82, 2.24) is 9.78 Å². The van der Waals surface area contributed by atoms with Crippen LogP contribution < -0.4 is 0 Å². The van der Waals surface area contributed by atoms with Gasteiger partial charge >= 0.3 is 5.97 Å². The van der Waals surface area contributed by atoms with Crippen molar-refractivity contribution in [3.63, 3.8) is 0 Å². The highest BCUT2D eigenvalue weighted by molar-refractivity contribution is 5.89. The van der Waals surface area contributed by atoms with Crippen LogP contribution in [-0.2, 0) is 18.3 Å². The molecule has 0 radical (unpaired) electrons. The van der Waals surface area contributed by atoms with Crippen LogP contribution in [0, 0.1) is 0 Å². The Bertz CT molecular complexity index is 572. The summed E-state index contributed by atoms with van der Waals surface area (Å²) in [7, 11) is 1.90. The molecular weight excluding hydrogens is 216 g/mol. The average Bonchev–Trinajstić information content (AvgIpc) is 2.62. The summed E-state index contributed by atoms with van der Waals surface area (Å²) in [6.45, 7) is 3.77. The molecule has 0 saturated carbocycles. The second-order valence-electron chi connectivity index (χ2n) is 4.23. The zero-order chi connectivity index (χ0) is 12.6. The van der Waals surface area contributed by atoms with E-state index in [0.29, 0.717) is 0 Å². The second kappa shape index (κ2) is 4.20. The molecule has 0 aliphatic rings. The average molecular weight is 232 g/mol. The number of hydrogen-bond acceptors (Lipinski definition) is 2. The van der Waals surface area contributed by atoms with Crippen molar-refractivity contribution in [2.75, 3.05) is 0 Å². The number of nitrogens with zero attached hydrogens (tertiary/aromatic N) is 2. The maximum absolute atomic E-state index is 11.1. The largest absolute Gasteiger partial charge is 0.481 e. The first-order chi connectivity index (χ1) is 8.06. The van der Waals surface area contributed by atoms with E-state index in [1.165, 1.54) is 0 Å². The molecule has 1 atom stereocenters. The maximum atomic E-state index is 11.1. The van der Waals surface area contributed by atoms with Crippen LogP contribution in [0.2, 0.25) is 0 Å². The minimum Gasteiger partial charge on any atom is -0.481 e. The first kappa shape index (κ1) is 11.6. The SMILES string of the molecule is CCc1c2cccc(C(C)C(=O)O)c2nn1C. The Morgan fingerprint density at radius 1 is 1.53 bits per heavy atom. The van der Waals surface area contributed by atoms with Gasteiger partial charge in [0.05, 0.1) is 11.4 Å². The van der Waals surface area contributed by atoms with E-state index in [-0.39, 0.29) is 0 Å². The van der Waals surface area contributed by atoms with E-state index in [2.05, 4.69) is 12.0 Å². The summed E-state index contributed by atoms with van der Waals surface area (Å²) in [5.41, 5.74) is 2.73. The number of hydrogen-bond donors (Lipinski definition) is 1. The van der Waals surface area contributed by atoms with Gasteiger partial charge in [0.1, 0.15) is 0 Å². The molecule has 17 heavy (non-hydrogen) atoms. The first-order valence-corrected chi connectivity index (χ1v) is 5.73. The molecule has 0 aliphatic carbocycles. The Hall–Kier alpha value is -1.84. The summed E-state index contributed by atoms with van der Waals surface area (Å²) in [6.07, 6.45) is 0.887. The molecule has 4 heteroatoms. The second-order valence-corrected chi connectivity index (χ2v) is 4.23. The summed E-state index contributed by atoms with van der Waals surface area (Å²) in [4.78, 5) is 11.1. The number of aryl methyl sites for hydroxylation is 2. The van der Waals surface area contributed by atoms with Gasteiger partial charge in [-0.25, -0.2) is 0 Å². The van der Waals surface area contributed by atoms with Crippen LogP contribution in [0.4, 0.5) is 0 Å². The van der Waals surface area contributed by atoms with Crippen LogP contribution >= 0.6 is 0 Å². The molecule has 2 aromatic rings. The van der Waals surface area contributed by atoms with Crippen molar-refractivity contribution in [2.24, 2.45) is 7.05 Å². The minimum atomic E-state index is -0.818. The van der Waals surface area contributed by atoms with Crippen molar-refractivity contribution in [1.29, 1.82) is 0 Å². The molecule has 0 spiro atoms. The molecule has 0 aliphatic heterocycles. The van der Waals surface area contributed by atoms with E-state index >= 15 is 0 Å². The van der Waals surface area contributed by atoms with E-state index in [0.717, 1.165) is 28.6 Å². The minimum absolute atomic E-state index is 0.529. The molecule has 1 aromatic carbocycles. The fraction of sp³-hybridized carbons (Fsp3) is 0.385. The van der Waals surface area contributed by atoms with Gasteiger partial charge in [-0.15, -0.1) is 0 Å². The van der Waals surface area contributed by atoms with Gasteiger partial charge in [-0.1, -0.05) is 25.1 Å². The standard InChI is InChI=1S/C13H16N2O2/c1-4-11-10-7-5-6-9(8(2)13(16)17)12(10)14-15(11)3/h5-8H,4H2,1-3H3,(H,16,17). The van der Waals surface area contributed by atoms with Gasteiger partial charge in [0.2, 0.25) is 0 Å². The Kier molecular flexibility index (Phi) is 2.88. The van der Waals surface area contributed by atoms with Crippen molar-refractivity contribution in [3.8, 4) is 0 Å². The number of rotatable bonds is 3. The Balaban J connectivity index is 2.70. The molecule has 90 valence electrons. The lowest BCUT2D eigenvalue weighted by atomic mass is 9.98. The van der Waals surface area contributed by atoms with Crippen LogP contribution in [0.25, 0.3) is 10.9 Å². The summed E-state index contributed by atoms with van der Waals surface area (Å²) in [6, 6.07) is 5.74. The fourth-order valence-electron chi connectivity index (χ4n) is 2.19. The Morgan fingerprint density at radius 2 is 2.24 bits per heavy atom. The first-order valence-electron chi connectivity index (χ1n) is 5.73. The van der Waals surface area contributed by atoms with Crippen molar-refractivity contribution >= 4 is 16.9 Å². The van der Waals surface area contributed by atoms with Gasteiger partial charge in [0, 0.05) is 18.1 Å². The zero-order valence-electron chi connectivity index (χ0n) is 10.3. The molecule has 4 nitrogen and oxygen atoms in total. The van der Waals surface area contributed by atoms with E-state index in [1.807, 2.05) is 29.9 Å². The number of aromatic nitrogens is 2. The van der Waals surface area contributed by atoms with Crippen molar-refractivity contribution < 1.29 is 9.90 Å². The monoisotopic (exact) mass is 232 g/mol. The highest BCUT2D eigenvalue weighted by Gasteiger charge is 2.19. The topological polar surface area (TPSA) is 55.1 Å². The molecule has 1 heterocycles. The number of aliphatic carboxylic acids is 1. The molecule has 0 fully saturated rings. The van der Waals surface area contributed by atoms with Crippen LogP contribution in [0.3, 0.4) is 0 Å². The van der Waals surface area contributed by atoms with E-state index in [1.54, 1.807) is 6.92 Å². The number of carboxylic acid groups (broad SMARTS) is 1. The van der Waals surface area contributed by atoms with Crippen LogP contribution in [0.15, 0.2) is 18.2 Å². The third-order valence-electron chi connectivity index (χ3n) is 3.19. The van der Waals surface area contributed by atoms with Gasteiger partial charge in [-0.2, -0.15) is 5.10 Å². The lowest BCUT2D eigenvalue weighted by Gasteiger charge is -2.06. The highest BCUT2D eigenvalue weighted by atomic mass is 16.4. The molecular formula is C13H16N2O2.